The van der Waals surface area contributed by atoms with Gasteiger partial charge in [0, 0.05) is 18.0 Å². The van der Waals surface area contributed by atoms with Crippen molar-refractivity contribution in [3.8, 4) is 0 Å². The number of nitrogens with zero attached hydrogens (tertiary/aromatic N) is 3. The van der Waals surface area contributed by atoms with Crippen molar-refractivity contribution in [3.05, 3.63) is 54.4 Å². The molecule has 0 radical (unpaired) electrons. The molecule has 0 fully saturated rings. The highest BCUT2D eigenvalue weighted by Gasteiger charge is 2.25. The lowest BCUT2D eigenvalue weighted by atomic mass is 10.2. The third kappa shape index (κ3) is 3.75. The molecule has 0 aliphatic carbocycles. The Morgan fingerprint density at radius 2 is 1.96 bits per heavy atom. The van der Waals surface area contributed by atoms with Crippen LogP contribution in [0.5, 0.6) is 0 Å². The number of nitrogens with one attached hydrogen (secondary N) is 1. The van der Waals surface area contributed by atoms with Gasteiger partial charge in [-0.2, -0.15) is 0 Å². The van der Waals surface area contributed by atoms with Crippen LogP contribution in [0.2, 0.25) is 0 Å². The number of thioether (sulfide) groups is 1. The van der Waals surface area contributed by atoms with E-state index in [2.05, 4.69) is 20.9 Å². The molecule has 6 nitrogen and oxygen atoms in total. The Bertz CT molecular complexity index is 1030. The lowest BCUT2D eigenvalue weighted by Crippen LogP contribution is -2.43. The highest BCUT2D eigenvalue weighted by molar-refractivity contribution is 8.00. The van der Waals surface area contributed by atoms with Crippen LogP contribution < -0.4 is 10.2 Å². The van der Waals surface area contributed by atoms with Crippen LogP contribution in [0.4, 0.5) is 5.69 Å². The molecule has 0 atom stereocenters. The number of hydrogen-bond acceptors (Lipinski definition) is 4. The number of imidazole rings is 1. The summed E-state index contributed by atoms with van der Waals surface area (Å²) in [5, 5.41) is 2.94. The van der Waals surface area contributed by atoms with Crippen molar-refractivity contribution in [3.63, 3.8) is 0 Å². The normalized spacial score (nSPS) is 13.6. The Morgan fingerprint density at radius 1 is 1.18 bits per heavy atom. The summed E-state index contributed by atoms with van der Waals surface area (Å²) in [6.45, 7) is 3.40. The van der Waals surface area contributed by atoms with Crippen molar-refractivity contribution in [1.29, 1.82) is 0 Å². The van der Waals surface area contributed by atoms with Gasteiger partial charge in [0.25, 0.3) is 0 Å². The van der Waals surface area contributed by atoms with Crippen LogP contribution in [0.15, 0.2) is 53.4 Å². The van der Waals surface area contributed by atoms with E-state index in [0.717, 1.165) is 40.4 Å². The number of fused-ring (bicyclic) bond motifs is 2. The molecule has 4 rings (SSSR count). The van der Waals surface area contributed by atoms with Crippen molar-refractivity contribution in [2.45, 2.75) is 24.8 Å². The molecule has 28 heavy (non-hydrogen) atoms. The number of rotatable bonds is 6. The molecule has 1 aromatic heterocycles. The Kier molecular flexibility index (Phi) is 5.34. The zero-order valence-electron chi connectivity index (χ0n) is 15.7. The van der Waals surface area contributed by atoms with Gasteiger partial charge in [-0.3, -0.25) is 9.59 Å². The molecule has 0 unspecified atom stereocenters. The van der Waals surface area contributed by atoms with E-state index >= 15 is 0 Å². The van der Waals surface area contributed by atoms with Crippen LogP contribution >= 0.6 is 11.8 Å². The summed E-state index contributed by atoms with van der Waals surface area (Å²) < 4.78 is 2.17. The molecule has 7 heteroatoms. The third-order valence-electron chi connectivity index (χ3n) is 4.84. The van der Waals surface area contributed by atoms with Crippen molar-refractivity contribution in [2.24, 2.45) is 0 Å². The van der Waals surface area contributed by atoms with Crippen LogP contribution in [0.1, 0.15) is 12.2 Å². The number of aromatic nitrogens is 2. The maximum Gasteiger partial charge on any atom is 0.240 e. The second kappa shape index (κ2) is 8.06. The van der Waals surface area contributed by atoms with Gasteiger partial charge in [0.1, 0.15) is 12.4 Å². The van der Waals surface area contributed by atoms with Gasteiger partial charge in [-0.05, 0) is 37.6 Å². The van der Waals surface area contributed by atoms with Crippen molar-refractivity contribution >= 4 is 40.3 Å². The van der Waals surface area contributed by atoms with Crippen LogP contribution in [0.25, 0.3) is 11.0 Å². The first-order chi connectivity index (χ1) is 13.6. The van der Waals surface area contributed by atoms with Gasteiger partial charge in [-0.15, -0.1) is 11.8 Å². The Morgan fingerprint density at radius 3 is 2.86 bits per heavy atom. The zero-order valence-corrected chi connectivity index (χ0v) is 16.5. The number of hydrogen-bond donors (Lipinski definition) is 1. The van der Waals surface area contributed by atoms with E-state index in [-0.39, 0.29) is 18.4 Å². The second-order valence-corrected chi connectivity index (χ2v) is 7.76. The number of para-hydroxylation sites is 3. The predicted octanol–water partition coefficient (Wildman–Crippen LogP) is 2.99. The van der Waals surface area contributed by atoms with Crippen LogP contribution in [0.3, 0.4) is 0 Å². The summed E-state index contributed by atoms with van der Waals surface area (Å²) in [7, 11) is 0. The molecule has 2 amide bonds. The first-order valence-corrected chi connectivity index (χ1v) is 10.3. The molecule has 0 bridgehead atoms. The molecule has 0 saturated carbocycles. The van der Waals surface area contributed by atoms with Gasteiger partial charge in [0.05, 0.1) is 22.5 Å². The lowest BCUT2D eigenvalue weighted by Gasteiger charge is -2.28. The molecule has 0 spiro atoms. The summed E-state index contributed by atoms with van der Waals surface area (Å²) in [5.41, 5.74) is 2.92. The van der Waals surface area contributed by atoms with Gasteiger partial charge < -0.3 is 14.8 Å². The molecule has 3 aromatic rings. The quantitative estimate of drug-likeness (QED) is 0.653. The predicted molar refractivity (Wildman–Crippen MR) is 112 cm³/mol. The van der Waals surface area contributed by atoms with Gasteiger partial charge in [0.2, 0.25) is 11.8 Å². The van der Waals surface area contributed by atoms with E-state index in [4.69, 9.17) is 0 Å². The fourth-order valence-corrected chi connectivity index (χ4v) is 4.41. The van der Waals surface area contributed by atoms with E-state index in [1.54, 1.807) is 4.90 Å². The second-order valence-electron chi connectivity index (χ2n) is 6.74. The van der Waals surface area contributed by atoms with E-state index in [9.17, 15) is 9.59 Å². The summed E-state index contributed by atoms with van der Waals surface area (Å²) in [6.07, 6.45) is 0.799. The minimum atomic E-state index is -0.137. The molecule has 0 saturated heterocycles. The minimum Gasteiger partial charge on any atom is -0.354 e. The molecule has 1 N–H and O–H groups in total. The van der Waals surface area contributed by atoms with Gasteiger partial charge >= 0.3 is 0 Å². The number of amides is 2. The topological polar surface area (TPSA) is 67.2 Å². The summed E-state index contributed by atoms with van der Waals surface area (Å²) >= 11 is 1.52. The highest BCUT2D eigenvalue weighted by Crippen LogP contribution is 2.34. The van der Waals surface area contributed by atoms with Crippen LogP contribution in [-0.4, -0.2) is 40.2 Å². The molecule has 2 aromatic carbocycles. The van der Waals surface area contributed by atoms with Crippen molar-refractivity contribution in [2.75, 3.05) is 23.7 Å². The van der Waals surface area contributed by atoms with Crippen LogP contribution in [0, 0.1) is 6.92 Å². The smallest absolute Gasteiger partial charge is 0.240 e. The number of anilines is 1. The number of carbonyl (C=O) groups excluding carboxylic acids is 2. The summed E-state index contributed by atoms with van der Waals surface area (Å²) in [5.74, 6) is 1.18. The van der Waals surface area contributed by atoms with Gasteiger partial charge in [-0.1, -0.05) is 24.3 Å². The molecule has 144 valence electrons. The van der Waals surface area contributed by atoms with E-state index in [0.29, 0.717) is 12.3 Å². The molecular weight excluding hydrogens is 372 g/mol. The number of benzene rings is 2. The van der Waals surface area contributed by atoms with E-state index in [1.807, 2.05) is 49.4 Å². The molecule has 1 aliphatic heterocycles. The van der Waals surface area contributed by atoms with Gasteiger partial charge in [0.15, 0.2) is 0 Å². The van der Waals surface area contributed by atoms with Crippen molar-refractivity contribution < 1.29 is 9.59 Å². The number of carbonyl (C=O) groups is 2. The standard InChI is InChI=1S/C21H22N4O2S/c1-15-23-16-7-2-3-8-17(16)24(15)12-6-11-22-20(26)13-25-18-9-4-5-10-19(18)28-14-21(25)27/h2-5,7-10H,6,11-14H2,1H3,(H,22,26). The maximum absolute atomic E-state index is 12.4. The average Bonchev–Trinajstić information content (AvgIpc) is 3.02. The first-order valence-electron chi connectivity index (χ1n) is 9.34. The average molecular weight is 395 g/mol. The minimum absolute atomic E-state index is 0.0284. The lowest BCUT2D eigenvalue weighted by molar-refractivity contribution is -0.123. The number of aryl methyl sites for hydroxylation is 2. The fourth-order valence-electron chi connectivity index (χ4n) is 3.47. The van der Waals surface area contributed by atoms with E-state index in [1.165, 1.54) is 11.8 Å². The Balaban J connectivity index is 1.32. The monoisotopic (exact) mass is 394 g/mol. The third-order valence-corrected chi connectivity index (χ3v) is 5.88. The first kappa shape index (κ1) is 18.6. The summed E-state index contributed by atoms with van der Waals surface area (Å²) in [6, 6.07) is 15.8. The highest BCUT2D eigenvalue weighted by atomic mass is 32.2. The fraction of sp³-hybridized carbons (Fsp3) is 0.286. The molecular formula is C21H22N4O2S. The van der Waals surface area contributed by atoms with Crippen LogP contribution in [-0.2, 0) is 16.1 Å². The zero-order chi connectivity index (χ0) is 19.5. The SMILES string of the molecule is Cc1nc2ccccc2n1CCCNC(=O)CN1C(=O)CSc2ccccc21. The van der Waals surface area contributed by atoms with Crippen molar-refractivity contribution in [1.82, 2.24) is 14.9 Å². The van der Waals surface area contributed by atoms with Gasteiger partial charge in [-0.25, -0.2) is 4.98 Å². The summed E-state index contributed by atoms with van der Waals surface area (Å²) in [4.78, 5) is 31.8. The maximum atomic E-state index is 12.4. The molecule has 2 heterocycles. The molecule has 1 aliphatic rings. The Labute approximate surface area is 167 Å². The largest absolute Gasteiger partial charge is 0.354 e. The Hall–Kier alpha value is -2.80. The van der Waals surface area contributed by atoms with E-state index < -0.39 is 0 Å².